The van der Waals surface area contributed by atoms with Gasteiger partial charge in [-0.25, -0.2) is 8.42 Å². The topological polar surface area (TPSA) is 86.8 Å². The maximum atomic E-state index is 13.3. The van der Waals surface area contributed by atoms with Gasteiger partial charge in [0, 0.05) is 25.2 Å². The van der Waals surface area contributed by atoms with E-state index in [2.05, 4.69) is 5.32 Å². The van der Waals surface area contributed by atoms with Gasteiger partial charge >= 0.3 is 0 Å². The first kappa shape index (κ1) is 26.8. The van der Waals surface area contributed by atoms with E-state index < -0.39 is 28.5 Å². The zero-order chi connectivity index (χ0) is 24.6. The van der Waals surface area contributed by atoms with Gasteiger partial charge in [0.15, 0.2) is 0 Å². The zero-order valence-corrected chi connectivity index (χ0v) is 21.1. The molecule has 9 heteroatoms. The second-order valence-electron chi connectivity index (χ2n) is 7.98. The van der Waals surface area contributed by atoms with Gasteiger partial charge in [-0.2, -0.15) is 4.31 Å². The summed E-state index contributed by atoms with van der Waals surface area (Å²) in [5.74, 6) is -0.731. The predicted molar refractivity (Wildman–Crippen MR) is 130 cm³/mol. The Morgan fingerprint density at radius 3 is 2.33 bits per heavy atom. The van der Waals surface area contributed by atoms with E-state index in [1.54, 1.807) is 6.92 Å². The van der Waals surface area contributed by atoms with Crippen molar-refractivity contribution in [3.05, 3.63) is 64.7 Å². The molecule has 0 aliphatic heterocycles. The number of unbranched alkanes of at least 4 members (excludes halogenated alkanes) is 1. The lowest BCUT2D eigenvalue weighted by atomic mass is 10.1. The van der Waals surface area contributed by atoms with Crippen molar-refractivity contribution in [2.45, 2.75) is 51.1 Å². The zero-order valence-electron chi connectivity index (χ0n) is 19.5. The average Bonchev–Trinajstić information content (AvgIpc) is 2.78. The van der Waals surface area contributed by atoms with Gasteiger partial charge in [0.2, 0.25) is 21.8 Å². The van der Waals surface area contributed by atoms with Crippen molar-refractivity contribution in [2.75, 3.05) is 20.1 Å². The summed E-state index contributed by atoms with van der Waals surface area (Å²) in [5, 5.41) is 3.27. The van der Waals surface area contributed by atoms with Gasteiger partial charge < -0.3 is 10.2 Å². The first-order valence-corrected chi connectivity index (χ1v) is 12.7. The molecule has 2 rings (SSSR count). The van der Waals surface area contributed by atoms with Crippen LogP contribution < -0.4 is 5.32 Å². The van der Waals surface area contributed by atoms with E-state index in [0.717, 1.165) is 28.3 Å². The van der Waals surface area contributed by atoms with Crippen molar-refractivity contribution in [1.29, 1.82) is 0 Å². The number of carbonyl (C=O) groups is 2. The number of halogens is 1. The van der Waals surface area contributed by atoms with Crippen molar-refractivity contribution >= 4 is 33.4 Å². The summed E-state index contributed by atoms with van der Waals surface area (Å²) in [6.45, 7) is 5.94. The molecule has 2 amide bonds. The maximum Gasteiger partial charge on any atom is 0.243 e. The van der Waals surface area contributed by atoms with Crippen LogP contribution in [0.5, 0.6) is 0 Å². The molecule has 0 aliphatic rings. The van der Waals surface area contributed by atoms with E-state index in [9.17, 15) is 18.0 Å². The Morgan fingerprint density at radius 1 is 1.09 bits per heavy atom. The normalized spacial score (nSPS) is 12.4. The number of carbonyl (C=O) groups excluding carboxylic acids is 2. The summed E-state index contributed by atoms with van der Waals surface area (Å²) in [6, 6.07) is 12.6. The van der Waals surface area contributed by atoms with Crippen LogP contribution in [0.2, 0.25) is 5.02 Å². The quantitative estimate of drug-likeness (QED) is 0.484. The summed E-state index contributed by atoms with van der Waals surface area (Å²) in [5.41, 5.74) is 1.87. The molecule has 1 N–H and O–H groups in total. The second-order valence-corrected chi connectivity index (χ2v) is 10.5. The largest absolute Gasteiger partial charge is 0.354 e. The first-order valence-electron chi connectivity index (χ1n) is 10.9. The summed E-state index contributed by atoms with van der Waals surface area (Å²) >= 11 is 5.86. The molecule has 33 heavy (non-hydrogen) atoms. The fourth-order valence-corrected chi connectivity index (χ4v) is 4.49. The van der Waals surface area contributed by atoms with Crippen molar-refractivity contribution in [3.63, 3.8) is 0 Å². The number of nitrogens with zero attached hydrogens (tertiary/aromatic N) is 2. The Bertz CT molecular complexity index is 1060. The fourth-order valence-electron chi connectivity index (χ4n) is 3.24. The molecular formula is C24H32ClN3O4S. The minimum absolute atomic E-state index is 0.0398. The van der Waals surface area contributed by atoms with Crippen LogP contribution in [0.25, 0.3) is 0 Å². The molecule has 1 atom stereocenters. The third-order valence-electron chi connectivity index (χ3n) is 5.48. The predicted octanol–water partition coefficient (Wildman–Crippen LogP) is 3.60. The Hall–Kier alpha value is -2.42. The van der Waals surface area contributed by atoms with Crippen LogP contribution in [-0.2, 0) is 26.2 Å². The van der Waals surface area contributed by atoms with E-state index >= 15 is 0 Å². The number of hydrogen-bond donors (Lipinski definition) is 1. The van der Waals surface area contributed by atoms with E-state index in [1.165, 1.54) is 36.2 Å². The SMILES string of the molecule is CCCCNC(=O)C(C)N(Cc1ccccc1C)C(=O)CN(C)S(=O)(=O)c1ccc(Cl)cc1. The fraction of sp³-hybridized carbons (Fsp3) is 0.417. The van der Waals surface area contributed by atoms with Gasteiger partial charge in [-0.1, -0.05) is 49.2 Å². The Kier molecular flexibility index (Phi) is 9.88. The molecule has 0 bridgehead atoms. The van der Waals surface area contributed by atoms with Crippen LogP contribution in [0, 0.1) is 6.92 Å². The Morgan fingerprint density at radius 2 is 1.73 bits per heavy atom. The minimum atomic E-state index is -3.90. The number of likely N-dealkylation sites (N-methyl/N-ethyl adjacent to an activating group) is 1. The highest BCUT2D eigenvalue weighted by molar-refractivity contribution is 7.89. The average molecular weight is 494 g/mol. The van der Waals surface area contributed by atoms with Gasteiger partial charge in [-0.05, 0) is 55.7 Å². The number of hydrogen-bond acceptors (Lipinski definition) is 4. The summed E-state index contributed by atoms with van der Waals surface area (Å²) in [4.78, 5) is 27.5. The van der Waals surface area contributed by atoms with Gasteiger partial charge in [-0.3, -0.25) is 9.59 Å². The maximum absolute atomic E-state index is 13.3. The lowest BCUT2D eigenvalue weighted by Crippen LogP contribution is -2.50. The number of aryl methyl sites for hydroxylation is 1. The summed E-state index contributed by atoms with van der Waals surface area (Å²) in [6.07, 6.45) is 1.78. The van der Waals surface area contributed by atoms with E-state index in [0.29, 0.717) is 11.6 Å². The third kappa shape index (κ3) is 7.28. The standard InChI is InChI=1S/C24H32ClN3O4S/c1-5-6-15-26-24(30)19(3)28(16-20-10-8-7-9-18(20)2)23(29)17-27(4)33(31,32)22-13-11-21(25)12-14-22/h7-14,19H,5-6,15-17H2,1-4H3,(H,26,30). The van der Waals surface area contributed by atoms with Crippen LogP contribution in [0.15, 0.2) is 53.4 Å². The Balaban J connectivity index is 2.25. The molecule has 7 nitrogen and oxygen atoms in total. The minimum Gasteiger partial charge on any atom is -0.354 e. The van der Waals surface area contributed by atoms with Crippen LogP contribution in [-0.4, -0.2) is 55.6 Å². The third-order valence-corrected chi connectivity index (χ3v) is 7.55. The molecule has 180 valence electrons. The number of sulfonamides is 1. The van der Waals surface area contributed by atoms with Crippen molar-refractivity contribution in [3.8, 4) is 0 Å². The highest BCUT2D eigenvalue weighted by Crippen LogP contribution is 2.19. The lowest BCUT2D eigenvalue weighted by Gasteiger charge is -2.30. The highest BCUT2D eigenvalue weighted by atomic mass is 35.5. The van der Waals surface area contributed by atoms with E-state index in [1.807, 2.05) is 38.1 Å². The Labute approximate surface area is 201 Å². The van der Waals surface area contributed by atoms with Gasteiger partial charge in [0.1, 0.15) is 6.04 Å². The molecule has 2 aromatic carbocycles. The monoisotopic (exact) mass is 493 g/mol. The molecule has 0 aromatic heterocycles. The molecule has 0 heterocycles. The summed E-state index contributed by atoms with van der Waals surface area (Å²) < 4.78 is 26.8. The van der Waals surface area contributed by atoms with Crippen molar-refractivity contribution < 1.29 is 18.0 Å². The smallest absolute Gasteiger partial charge is 0.243 e. The van der Waals surface area contributed by atoms with Crippen LogP contribution in [0.1, 0.15) is 37.8 Å². The molecule has 0 saturated heterocycles. The number of nitrogens with one attached hydrogen (secondary N) is 1. The molecule has 2 aromatic rings. The van der Waals surface area contributed by atoms with Crippen LogP contribution >= 0.6 is 11.6 Å². The molecule has 0 spiro atoms. The molecule has 0 radical (unpaired) electrons. The number of benzene rings is 2. The van der Waals surface area contributed by atoms with Gasteiger partial charge in [-0.15, -0.1) is 0 Å². The van der Waals surface area contributed by atoms with Crippen LogP contribution in [0.3, 0.4) is 0 Å². The van der Waals surface area contributed by atoms with Gasteiger partial charge in [0.05, 0.1) is 11.4 Å². The summed E-state index contributed by atoms with van der Waals surface area (Å²) in [7, 11) is -2.56. The number of amides is 2. The van der Waals surface area contributed by atoms with E-state index in [-0.39, 0.29) is 17.3 Å². The number of rotatable bonds is 11. The van der Waals surface area contributed by atoms with E-state index in [4.69, 9.17) is 11.6 Å². The molecule has 0 aliphatic carbocycles. The molecular weight excluding hydrogens is 462 g/mol. The highest BCUT2D eigenvalue weighted by Gasteiger charge is 2.30. The van der Waals surface area contributed by atoms with Crippen LogP contribution in [0.4, 0.5) is 0 Å². The second kappa shape index (κ2) is 12.2. The van der Waals surface area contributed by atoms with Crippen molar-refractivity contribution in [2.24, 2.45) is 0 Å². The molecule has 0 saturated carbocycles. The molecule has 0 fully saturated rings. The molecule has 1 unspecified atom stereocenters. The van der Waals surface area contributed by atoms with Crippen molar-refractivity contribution in [1.82, 2.24) is 14.5 Å². The van der Waals surface area contributed by atoms with Gasteiger partial charge in [0.25, 0.3) is 0 Å². The first-order chi connectivity index (χ1) is 15.6. The lowest BCUT2D eigenvalue weighted by molar-refractivity contribution is -0.140.